The van der Waals surface area contributed by atoms with Crippen LogP contribution >= 0.6 is 0 Å². The van der Waals surface area contributed by atoms with Gasteiger partial charge in [0, 0.05) is 13.1 Å². The number of aryl methyl sites for hydroxylation is 1. The third kappa shape index (κ3) is 2.63. The van der Waals surface area contributed by atoms with Gasteiger partial charge in [0.05, 0.1) is 4.92 Å². The number of hydrogen-bond acceptors (Lipinski definition) is 4. The predicted octanol–water partition coefficient (Wildman–Crippen LogP) is 2.71. The molecule has 0 saturated heterocycles. The van der Waals surface area contributed by atoms with Crippen molar-refractivity contribution in [3.8, 4) is 0 Å². The maximum Gasteiger partial charge on any atom is 0.330 e. The van der Waals surface area contributed by atoms with E-state index >= 15 is 0 Å². The zero-order chi connectivity index (χ0) is 13.1. The normalized spacial score (nSPS) is 23.9. The lowest BCUT2D eigenvalue weighted by Gasteiger charge is -2.31. The smallest absolute Gasteiger partial charge is 0.330 e. The topological polar surface area (TPSA) is 73.0 Å². The summed E-state index contributed by atoms with van der Waals surface area (Å²) in [5.41, 5.74) is 0.0675. The Morgan fingerprint density at radius 2 is 2.28 bits per heavy atom. The van der Waals surface area contributed by atoms with Gasteiger partial charge in [-0.25, -0.2) is 0 Å². The summed E-state index contributed by atoms with van der Waals surface area (Å²) >= 11 is 0. The molecule has 0 radical (unpaired) electrons. The van der Waals surface area contributed by atoms with E-state index in [-0.39, 0.29) is 10.6 Å². The molecule has 6 nitrogen and oxygen atoms in total. The van der Waals surface area contributed by atoms with Crippen molar-refractivity contribution in [3.63, 3.8) is 0 Å². The number of anilines is 1. The summed E-state index contributed by atoms with van der Waals surface area (Å²) in [6, 6.07) is 0.317. The molecular formula is C12H20N4O2. The summed E-state index contributed by atoms with van der Waals surface area (Å²) in [4.78, 5) is 10.6. The van der Waals surface area contributed by atoms with Crippen LogP contribution < -0.4 is 5.32 Å². The number of hydrogen-bond donors (Lipinski definition) is 1. The Morgan fingerprint density at radius 3 is 2.94 bits per heavy atom. The summed E-state index contributed by atoms with van der Waals surface area (Å²) < 4.78 is 1.49. The van der Waals surface area contributed by atoms with Crippen LogP contribution in [0.5, 0.6) is 0 Å². The van der Waals surface area contributed by atoms with Crippen LogP contribution in [0.3, 0.4) is 0 Å². The lowest BCUT2D eigenvalue weighted by Crippen LogP contribution is -2.32. The average molecular weight is 252 g/mol. The number of nitrogens with one attached hydrogen (secondary N) is 1. The maximum atomic E-state index is 10.9. The molecule has 0 spiro atoms. The minimum absolute atomic E-state index is 0.0675. The molecule has 0 bridgehead atoms. The van der Waals surface area contributed by atoms with Crippen LogP contribution in [0.4, 0.5) is 11.5 Å². The molecule has 100 valence electrons. The van der Waals surface area contributed by atoms with Gasteiger partial charge in [0.2, 0.25) is 5.82 Å². The number of nitro groups is 1. The van der Waals surface area contributed by atoms with Gasteiger partial charge in [-0.1, -0.05) is 26.2 Å². The summed E-state index contributed by atoms with van der Waals surface area (Å²) in [5.74, 6) is 1.01. The van der Waals surface area contributed by atoms with Crippen LogP contribution in [0.15, 0.2) is 6.20 Å². The quantitative estimate of drug-likeness (QED) is 0.660. The highest BCUT2D eigenvalue weighted by Crippen LogP contribution is 2.31. The Hall–Kier alpha value is -1.59. The zero-order valence-corrected chi connectivity index (χ0v) is 10.9. The predicted molar refractivity (Wildman–Crippen MR) is 69.5 cm³/mol. The van der Waals surface area contributed by atoms with Crippen molar-refractivity contribution in [2.24, 2.45) is 13.0 Å². The third-order valence-electron chi connectivity index (χ3n) is 3.76. The monoisotopic (exact) mass is 252 g/mol. The largest absolute Gasteiger partial charge is 0.360 e. The SMILES string of the molecule is CCC1CCCCC1Nc1nn(C)cc1[N+](=O)[O-]. The van der Waals surface area contributed by atoms with E-state index in [9.17, 15) is 10.1 Å². The molecule has 1 aliphatic carbocycles. The van der Waals surface area contributed by atoms with E-state index in [1.54, 1.807) is 7.05 Å². The van der Waals surface area contributed by atoms with E-state index in [1.807, 2.05) is 0 Å². The Balaban J connectivity index is 2.14. The van der Waals surface area contributed by atoms with Gasteiger partial charge in [0.1, 0.15) is 6.20 Å². The summed E-state index contributed by atoms with van der Waals surface area (Å²) in [6.45, 7) is 2.18. The first-order valence-electron chi connectivity index (χ1n) is 6.56. The molecular weight excluding hydrogens is 232 g/mol. The van der Waals surface area contributed by atoms with Crippen molar-refractivity contribution in [1.29, 1.82) is 0 Å². The van der Waals surface area contributed by atoms with E-state index in [1.165, 1.54) is 30.1 Å². The molecule has 0 amide bonds. The van der Waals surface area contributed by atoms with Gasteiger partial charge in [-0.3, -0.25) is 14.8 Å². The molecule has 1 fully saturated rings. The Morgan fingerprint density at radius 1 is 1.56 bits per heavy atom. The van der Waals surface area contributed by atoms with Crippen LogP contribution in [0.25, 0.3) is 0 Å². The number of rotatable bonds is 4. The summed E-state index contributed by atoms with van der Waals surface area (Å²) in [6.07, 6.45) is 7.29. The molecule has 0 aromatic carbocycles. The van der Waals surface area contributed by atoms with Crippen LogP contribution in [-0.4, -0.2) is 20.7 Å². The highest BCUT2D eigenvalue weighted by molar-refractivity contribution is 5.55. The zero-order valence-electron chi connectivity index (χ0n) is 10.9. The van der Waals surface area contributed by atoms with E-state index < -0.39 is 0 Å². The number of aromatic nitrogens is 2. The van der Waals surface area contributed by atoms with Gasteiger partial charge in [0.15, 0.2) is 0 Å². The minimum atomic E-state index is -0.376. The first-order valence-corrected chi connectivity index (χ1v) is 6.56. The maximum absolute atomic E-state index is 10.9. The van der Waals surface area contributed by atoms with Crippen LogP contribution in [0.1, 0.15) is 39.0 Å². The van der Waals surface area contributed by atoms with Crippen molar-refractivity contribution in [2.45, 2.75) is 45.1 Å². The molecule has 1 saturated carbocycles. The van der Waals surface area contributed by atoms with E-state index in [0.717, 1.165) is 12.8 Å². The van der Waals surface area contributed by atoms with E-state index in [0.29, 0.717) is 17.8 Å². The van der Waals surface area contributed by atoms with Gasteiger partial charge >= 0.3 is 5.69 Å². The highest BCUT2D eigenvalue weighted by Gasteiger charge is 2.27. The highest BCUT2D eigenvalue weighted by atomic mass is 16.6. The Labute approximate surface area is 107 Å². The molecule has 2 unspecified atom stereocenters. The number of nitrogens with zero attached hydrogens (tertiary/aromatic N) is 3. The van der Waals surface area contributed by atoms with Gasteiger partial charge in [0.25, 0.3) is 0 Å². The second-order valence-corrected chi connectivity index (χ2v) is 5.00. The molecule has 0 aliphatic heterocycles. The van der Waals surface area contributed by atoms with Crippen LogP contribution in [-0.2, 0) is 7.05 Å². The molecule has 1 aromatic heterocycles. The van der Waals surface area contributed by atoms with Gasteiger partial charge in [-0.05, 0) is 18.8 Å². The first kappa shape index (κ1) is 12.9. The van der Waals surface area contributed by atoms with Crippen LogP contribution in [0.2, 0.25) is 0 Å². The molecule has 1 aliphatic rings. The van der Waals surface area contributed by atoms with E-state index in [4.69, 9.17) is 0 Å². The van der Waals surface area contributed by atoms with E-state index in [2.05, 4.69) is 17.3 Å². The van der Waals surface area contributed by atoms with Gasteiger partial charge < -0.3 is 5.32 Å². The van der Waals surface area contributed by atoms with Crippen molar-refractivity contribution in [3.05, 3.63) is 16.3 Å². The second kappa shape index (κ2) is 5.37. The average Bonchev–Trinajstić information content (AvgIpc) is 2.71. The van der Waals surface area contributed by atoms with Crippen molar-refractivity contribution in [1.82, 2.24) is 9.78 Å². The second-order valence-electron chi connectivity index (χ2n) is 5.00. The van der Waals surface area contributed by atoms with Gasteiger partial charge in [-0.2, -0.15) is 0 Å². The first-order chi connectivity index (χ1) is 8.61. The fourth-order valence-corrected chi connectivity index (χ4v) is 2.77. The van der Waals surface area contributed by atoms with Crippen molar-refractivity contribution in [2.75, 3.05) is 5.32 Å². The molecule has 1 heterocycles. The summed E-state index contributed by atoms with van der Waals surface area (Å²) in [7, 11) is 1.70. The molecule has 1 N–H and O–H groups in total. The van der Waals surface area contributed by atoms with Crippen molar-refractivity contribution >= 4 is 11.5 Å². The fourth-order valence-electron chi connectivity index (χ4n) is 2.77. The van der Waals surface area contributed by atoms with Crippen molar-refractivity contribution < 1.29 is 4.92 Å². The summed E-state index contributed by atoms with van der Waals surface area (Å²) in [5, 5.41) is 18.4. The third-order valence-corrected chi connectivity index (χ3v) is 3.76. The Bertz CT molecular complexity index is 430. The Kier molecular flexibility index (Phi) is 3.84. The van der Waals surface area contributed by atoms with Crippen LogP contribution in [0, 0.1) is 16.0 Å². The minimum Gasteiger partial charge on any atom is -0.360 e. The van der Waals surface area contributed by atoms with Gasteiger partial charge in [-0.15, -0.1) is 5.10 Å². The lowest BCUT2D eigenvalue weighted by atomic mass is 9.83. The standard InChI is InChI=1S/C12H20N4O2/c1-3-9-6-4-5-7-10(9)13-12-11(16(17)18)8-15(2)14-12/h8-10H,3-7H2,1-2H3,(H,13,14). The fraction of sp³-hybridized carbons (Fsp3) is 0.750. The molecule has 2 rings (SSSR count). The molecule has 18 heavy (non-hydrogen) atoms. The molecule has 2 atom stereocenters. The lowest BCUT2D eigenvalue weighted by molar-refractivity contribution is -0.384. The molecule has 6 heteroatoms. The molecule has 1 aromatic rings.